The highest BCUT2D eigenvalue weighted by atomic mass is 35.5. The van der Waals surface area contributed by atoms with Gasteiger partial charge in [-0.15, -0.1) is 0 Å². The summed E-state index contributed by atoms with van der Waals surface area (Å²) in [5, 5.41) is 7.72. The van der Waals surface area contributed by atoms with Gasteiger partial charge in [-0.2, -0.15) is 0 Å². The number of nitrogen functional groups attached to an aromatic ring is 1. The molecule has 110 valence electrons. The fourth-order valence-corrected chi connectivity index (χ4v) is 2.30. The van der Waals surface area contributed by atoms with E-state index in [1.54, 1.807) is 26.0 Å². The zero-order valence-electron chi connectivity index (χ0n) is 11.4. The molecular formula is C15H13ClF2N2O. The van der Waals surface area contributed by atoms with Crippen LogP contribution in [-0.4, -0.2) is 5.84 Å². The van der Waals surface area contributed by atoms with Gasteiger partial charge < -0.3 is 10.5 Å². The summed E-state index contributed by atoms with van der Waals surface area (Å²) in [7, 11) is 0. The Hall–Kier alpha value is -2.14. The first-order chi connectivity index (χ1) is 9.79. The molecule has 0 saturated carbocycles. The van der Waals surface area contributed by atoms with Crippen LogP contribution in [0.2, 0.25) is 5.02 Å². The van der Waals surface area contributed by atoms with Crippen molar-refractivity contribution in [2.24, 2.45) is 5.73 Å². The van der Waals surface area contributed by atoms with Crippen LogP contribution in [-0.2, 0) is 0 Å². The summed E-state index contributed by atoms with van der Waals surface area (Å²) in [6, 6.07) is 5.20. The van der Waals surface area contributed by atoms with Crippen LogP contribution in [0.4, 0.5) is 8.78 Å². The predicted octanol–water partition coefficient (Wildman–Crippen LogP) is 4.31. The molecule has 0 aliphatic carbocycles. The van der Waals surface area contributed by atoms with E-state index >= 15 is 0 Å². The van der Waals surface area contributed by atoms with Gasteiger partial charge in [0.05, 0.1) is 0 Å². The van der Waals surface area contributed by atoms with E-state index in [1.165, 1.54) is 0 Å². The Morgan fingerprint density at radius 3 is 1.95 bits per heavy atom. The Morgan fingerprint density at radius 1 is 1.05 bits per heavy atom. The molecule has 3 nitrogen and oxygen atoms in total. The number of aryl methyl sites for hydroxylation is 2. The lowest BCUT2D eigenvalue weighted by Crippen LogP contribution is -2.12. The summed E-state index contributed by atoms with van der Waals surface area (Å²) < 4.78 is 33.3. The van der Waals surface area contributed by atoms with Crippen LogP contribution in [0.1, 0.15) is 16.7 Å². The first-order valence-electron chi connectivity index (χ1n) is 6.07. The van der Waals surface area contributed by atoms with E-state index in [2.05, 4.69) is 0 Å². The molecular weight excluding hydrogens is 298 g/mol. The lowest BCUT2D eigenvalue weighted by molar-refractivity contribution is 0.403. The number of hydrogen-bond acceptors (Lipinski definition) is 2. The van der Waals surface area contributed by atoms with Crippen LogP contribution in [0.25, 0.3) is 0 Å². The Morgan fingerprint density at radius 2 is 1.52 bits per heavy atom. The first kappa shape index (κ1) is 15.3. The summed E-state index contributed by atoms with van der Waals surface area (Å²) in [4.78, 5) is 0. The molecule has 0 atom stereocenters. The summed E-state index contributed by atoms with van der Waals surface area (Å²) in [5.74, 6) is -2.46. The topological polar surface area (TPSA) is 59.1 Å². The van der Waals surface area contributed by atoms with Crippen molar-refractivity contribution in [1.82, 2.24) is 0 Å². The second-order valence-electron chi connectivity index (χ2n) is 4.65. The average Bonchev–Trinajstić information content (AvgIpc) is 2.35. The molecule has 0 heterocycles. The van der Waals surface area contributed by atoms with Crippen molar-refractivity contribution in [3.63, 3.8) is 0 Å². The van der Waals surface area contributed by atoms with Gasteiger partial charge in [-0.25, -0.2) is 8.78 Å². The van der Waals surface area contributed by atoms with Gasteiger partial charge in [-0.3, -0.25) is 5.41 Å². The quantitative estimate of drug-likeness (QED) is 0.655. The summed E-state index contributed by atoms with van der Waals surface area (Å²) in [6.45, 7) is 3.46. The van der Waals surface area contributed by atoms with E-state index in [4.69, 9.17) is 27.5 Å². The van der Waals surface area contributed by atoms with Crippen LogP contribution in [0, 0.1) is 30.9 Å². The minimum atomic E-state index is -0.922. The molecule has 6 heteroatoms. The number of hydrogen-bond donors (Lipinski definition) is 2. The molecule has 2 aromatic carbocycles. The van der Waals surface area contributed by atoms with Crippen molar-refractivity contribution < 1.29 is 13.5 Å². The van der Waals surface area contributed by atoms with Gasteiger partial charge in [0.1, 0.15) is 11.6 Å². The maximum atomic E-state index is 14.0. The number of benzene rings is 2. The van der Waals surface area contributed by atoms with Crippen LogP contribution in [0.15, 0.2) is 24.3 Å². The normalized spacial score (nSPS) is 10.5. The zero-order valence-corrected chi connectivity index (χ0v) is 12.2. The van der Waals surface area contributed by atoms with Gasteiger partial charge in [0.2, 0.25) is 0 Å². The minimum absolute atomic E-state index is 0.0399. The number of halogens is 3. The van der Waals surface area contributed by atoms with Gasteiger partial charge in [-0.1, -0.05) is 11.6 Å². The van der Waals surface area contributed by atoms with Gasteiger partial charge in [0, 0.05) is 10.6 Å². The number of nitrogens with one attached hydrogen (secondary N) is 1. The highest BCUT2D eigenvalue weighted by molar-refractivity contribution is 6.30. The van der Waals surface area contributed by atoms with Crippen molar-refractivity contribution in [3.05, 3.63) is 57.6 Å². The largest absolute Gasteiger partial charge is 0.451 e. The molecule has 21 heavy (non-hydrogen) atoms. The van der Waals surface area contributed by atoms with Crippen LogP contribution < -0.4 is 10.5 Å². The van der Waals surface area contributed by atoms with Gasteiger partial charge in [0.15, 0.2) is 17.4 Å². The third kappa shape index (κ3) is 3.13. The number of rotatable bonds is 3. The maximum Gasteiger partial charge on any atom is 0.198 e. The van der Waals surface area contributed by atoms with Gasteiger partial charge >= 0.3 is 0 Å². The molecule has 3 N–H and O–H groups in total. The lowest BCUT2D eigenvalue weighted by atomic mass is 10.1. The van der Waals surface area contributed by atoms with Crippen molar-refractivity contribution in [1.29, 1.82) is 5.41 Å². The molecule has 0 aliphatic rings. The first-order valence-corrected chi connectivity index (χ1v) is 6.45. The Balaban J connectivity index is 2.48. The van der Waals surface area contributed by atoms with Gasteiger partial charge in [0.25, 0.3) is 0 Å². The van der Waals surface area contributed by atoms with Crippen molar-refractivity contribution in [2.45, 2.75) is 13.8 Å². The molecule has 2 rings (SSSR count). The van der Waals surface area contributed by atoms with E-state index in [9.17, 15) is 8.78 Å². The Kier molecular flexibility index (Phi) is 4.14. The fraction of sp³-hybridized carbons (Fsp3) is 0.133. The van der Waals surface area contributed by atoms with E-state index in [0.29, 0.717) is 21.9 Å². The molecule has 0 fully saturated rings. The van der Waals surface area contributed by atoms with Crippen molar-refractivity contribution >= 4 is 17.4 Å². The monoisotopic (exact) mass is 310 g/mol. The molecule has 0 spiro atoms. The Bertz CT molecular complexity index is 686. The highest BCUT2D eigenvalue weighted by Crippen LogP contribution is 2.34. The highest BCUT2D eigenvalue weighted by Gasteiger charge is 2.17. The van der Waals surface area contributed by atoms with Crippen LogP contribution in [0.3, 0.4) is 0 Å². The van der Waals surface area contributed by atoms with Crippen molar-refractivity contribution in [2.75, 3.05) is 0 Å². The second kappa shape index (κ2) is 5.69. The SMILES string of the molecule is Cc1cc(Cl)cc(C)c1Oc1c(F)cc(C(=N)N)cc1F. The van der Waals surface area contributed by atoms with E-state index in [0.717, 1.165) is 12.1 Å². The van der Waals surface area contributed by atoms with Crippen molar-refractivity contribution in [3.8, 4) is 11.5 Å². The summed E-state index contributed by atoms with van der Waals surface area (Å²) in [6.07, 6.45) is 0. The maximum absolute atomic E-state index is 14.0. The van der Waals surface area contributed by atoms with E-state index in [-0.39, 0.29) is 5.56 Å². The molecule has 0 saturated heterocycles. The standard InChI is InChI=1S/C15H13ClF2N2O/c1-7-3-10(16)4-8(2)13(7)21-14-11(17)5-9(15(19)20)6-12(14)18/h3-6H,1-2H3,(H3,19,20). The summed E-state index contributed by atoms with van der Waals surface area (Å²) >= 11 is 5.90. The summed E-state index contributed by atoms with van der Waals surface area (Å²) in [5.41, 5.74) is 6.50. The average molecular weight is 311 g/mol. The predicted molar refractivity (Wildman–Crippen MR) is 78.4 cm³/mol. The van der Waals surface area contributed by atoms with E-state index in [1.807, 2.05) is 0 Å². The third-order valence-corrected chi connectivity index (χ3v) is 3.16. The molecule has 0 amide bonds. The molecule has 0 bridgehead atoms. The fourth-order valence-electron chi connectivity index (χ4n) is 1.97. The van der Waals surface area contributed by atoms with Crippen LogP contribution >= 0.6 is 11.6 Å². The second-order valence-corrected chi connectivity index (χ2v) is 5.09. The molecule has 0 aromatic heterocycles. The smallest absolute Gasteiger partial charge is 0.198 e. The molecule has 2 aromatic rings. The van der Waals surface area contributed by atoms with Crippen LogP contribution in [0.5, 0.6) is 11.5 Å². The number of amidine groups is 1. The minimum Gasteiger partial charge on any atom is -0.451 e. The number of nitrogens with two attached hydrogens (primary N) is 1. The Labute approximate surface area is 125 Å². The third-order valence-electron chi connectivity index (χ3n) is 2.94. The van der Waals surface area contributed by atoms with E-state index < -0.39 is 23.2 Å². The number of ether oxygens (including phenoxy) is 1. The molecule has 0 radical (unpaired) electrons. The zero-order chi connectivity index (χ0) is 15.7. The molecule has 0 unspecified atom stereocenters. The lowest BCUT2D eigenvalue weighted by Gasteiger charge is -2.14. The molecule has 0 aliphatic heterocycles. The van der Waals surface area contributed by atoms with Gasteiger partial charge in [-0.05, 0) is 49.2 Å².